The van der Waals surface area contributed by atoms with Crippen LogP contribution in [0.15, 0.2) is 48.5 Å². The lowest BCUT2D eigenvalue weighted by molar-refractivity contribution is 0.0523. The molecule has 1 aliphatic heterocycles. The van der Waals surface area contributed by atoms with Crippen molar-refractivity contribution in [3.05, 3.63) is 70.5 Å². The fourth-order valence-corrected chi connectivity index (χ4v) is 5.54. The molecule has 5 rings (SSSR count). The largest absolute Gasteiger partial charge is 0.366 e. The van der Waals surface area contributed by atoms with Crippen molar-refractivity contribution in [2.24, 2.45) is 11.5 Å². The van der Waals surface area contributed by atoms with Gasteiger partial charge in [0.05, 0.1) is 0 Å². The minimum atomic E-state index is -0.484. The van der Waals surface area contributed by atoms with Gasteiger partial charge in [0.1, 0.15) is 0 Å². The second kappa shape index (κ2) is 11.2. The Hall–Kier alpha value is -2.65. The average molecular weight is 552 g/mol. The molecule has 2 amide bonds. The molecule has 0 saturated heterocycles. The van der Waals surface area contributed by atoms with Crippen molar-refractivity contribution in [1.82, 2.24) is 19.7 Å². The standard InChI is InChI=1S/C25H27ClN6O2.2ClH/c26-19-3-1-2-18(14-19)25(15-27)10-8-20(9-11-25)31-12-13-32-22(29-30-23(32)24(31)34)17-6-4-16(5-7-17)21(28)33;;/h1-7,14,20H,8-13,15,27H2,(H2,28,33);2*1H. The summed E-state index contributed by atoms with van der Waals surface area (Å²) in [6, 6.07) is 15.0. The van der Waals surface area contributed by atoms with Crippen molar-refractivity contribution >= 4 is 48.2 Å². The van der Waals surface area contributed by atoms with Crippen LogP contribution in [0.25, 0.3) is 11.4 Å². The van der Waals surface area contributed by atoms with Gasteiger partial charge < -0.3 is 20.9 Å². The Balaban J connectivity index is 0.00000180. The molecular formula is C25H29Cl3N6O2. The summed E-state index contributed by atoms with van der Waals surface area (Å²) in [7, 11) is 0. The minimum Gasteiger partial charge on any atom is -0.366 e. The number of rotatable bonds is 5. The highest BCUT2D eigenvalue weighted by Gasteiger charge is 2.40. The number of carbonyl (C=O) groups excluding carboxylic acids is 2. The number of fused-ring (bicyclic) bond motifs is 1. The monoisotopic (exact) mass is 550 g/mol. The molecule has 36 heavy (non-hydrogen) atoms. The van der Waals surface area contributed by atoms with Crippen LogP contribution in [-0.4, -0.2) is 50.6 Å². The van der Waals surface area contributed by atoms with Crippen LogP contribution in [0.4, 0.5) is 0 Å². The summed E-state index contributed by atoms with van der Waals surface area (Å²) in [5, 5.41) is 9.21. The molecule has 2 aliphatic rings. The summed E-state index contributed by atoms with van der Waals surface area (Å²) in [6.07, 6.45) is 3.57. The number of amides is 2. The lowest BCUT2D eigenvalue weighted by Crippen LogP contribution is -2.50. The first-order valence-corrected chi connectivity index (χ1v) is 11.9. The summed E-state index contributed by atoms with van der Waals surface area (Å²) in [4.78, 5) is 26.6. The Bertz CT molecular complexity index is 1240. The average Bonchev–Trinajstić information content (AvgIpc) is 3.30. The number of nitrogens with zero attached hydrogens (tertiary/aromatic N) is 4. The zero-order chi connectivity index (χ0) is 23.9. The molecule has 0 spiro atoms. The van der Waals surface area contributed by atoms with Crippen LogP contribution in [0.3, 0.4) is 0 Å². The SMILES string of the molecule is Cl.Cl.NCC1(c2cccc(Cl)c2)CCC(N2CCn3c(nnc3-c3ccc(C(N)=O)cc3)C2=O)CC1. The van der Waals surface area contributed by atoms with Gasteiger partial charge >= 0.3 is 0 Å². The number of hydrogen-bond acceptors (Lipinski definition) is 5. The first kappa shape index (κ1) is 27.9. The number of primary amides is 1. The molecule has 1 saturated carbocycles. The molecule has 0 radical (unpaired) electrons. The highest BCUT2D eigenvalue weighted by Crippen LogP contribution is 2.41. The molecule has 2 aromatic carbocycles. The van der Waals surface area contributed by atoms with Crippen molar-refractivity contribution < 1.29 is 9.59 Å². The van der Waals surface area contributed by atoms with E-state index < -0.39 is 5.91 Å². The van der Waals surface area contributed by atoms with Crippen LogP contribution in [0.5, 0.6) is 0 Å². The summed E-state index contributed by atoms with van der Waals surface area (Å²) in [5.74, 6) is 0.394. The first-order valence-electron chi connectivity index (χ1n) is 11.5. The third-order valence-electron chi connectivity index (χ3n) is 7.38. The summed E-state index contributed by atoms with van der Waals surface area (Å²) in [6.45, 7) is 1.78. The highest BCUT2D eigenvalue weighted by molar-refractivity contribution is 6.30. The number of halogens is 3. The van der Waals surface area contributed by atoms with Crippen LogP contribution in [0.1, 0.15) is 52.2 Å². The normalized spacial score (nSPS) is 21.2. The Morgan fingerprint density at radius 2 is 1.69 bits per heavy atom. The number of benzene rings is 2. The molecular weight excluding hydrogens is 523 g/mol. The number of aromatic nitrogens is 3. The van der Waals surface area contributed by atoms with Gasteiger partial charge in [0.15, 0.2) is 5.82 Å². The fourth-order valence-electron chi connectivity index (χ4n) is 5.35. The Kier molecular flexibility index (Phi) is 8.67. The quantitative estimate of drug-likeness (QED) is 0.499. The van der Waals surface area contributed by atoms with Gasteiger partial charge in [0.25, 0.3) is 5.91 Å². The molecule has 11 heteroatoms. The van der Waals surface area contributed by atoms with Gasteiger partial charge in [-0.05, 0) is 55.5 Å². The predicted octanol–water partition coefficient (Wildman–Crippen LogP) is 3.84. The topological polar surface area (TPSA) is 120 Å². The van der Waals surface area contributed by atoms with E-state index in [0.29, 0.717) is 36.8 Å². The lowest BCUT2D eigenvalue weighted by Gasteiger charge is -2.44. The van der Waals surface area contributed by atoms with E-state index in [2.05, 4.69) is 16.3 Å². The van der Waals surface area contributed by atoms with Gasteiger partial charge in [-0.1, -0.05) is 35.9 Å². The van der Waals surface area contributed by atoms with E-state index in [0.717, 1.165) is 36.3 Å². The zero-order valence-corrected chi connectivity index (χ0v) is 22.0. The van der Waals surface area contributed by atoms with E-state index in [1.807, 2.05) is 27.7 Å². The van der Waals surface area contributed by atoms with E-state index in [4.69, 9.17) is 23.1 Å². The van der Waals surface area contributed by atoms with Crippen molar-refractivity contribution in [3.8, 4) is 11.4 Å². The third kappa shape index (κ3) is 4.95. The Labute approximate surface area is 227 Å². The lowest BCUT2D eigenvalue weighted by atomic mass is 9.68. The predicted molar refractivity (Wildman–Crippen MR) is 144 cm³/mol. The molecule has 3 aromatic rings. The zero-order valence-electron chi connectivity index (χ0n) is 19.6. The van der Waals surface area contributed by atoms with Crippen LogP contribution in [0, 0.1) is 0 Å². The van der Waals surface area contributed by atoms with Gasteiger partial charge in [-0.25, -0.2) is 0 Å². The Morgan fingerprint density at radius 1 is 1.03 bits per heavy atom. The second-order valence-corrected chi connectivity index (χ2v) is 9.60. The second-order valence-electron chi connectivity index (χ2n) is 9.16. The van der Waals surface area contributed by atoms with Crippen molar-refractivity contribution in [1.29, 1.82) is 0 Å². The maximum atomic E-state index is 13.3. The van der Waals surface area contributed by atoms with Gasteiger partial charge in [0.2, 0.25) is 11.7 Å². The van der Waals surface area contributed by atoms with E-state index in [-0.39, 0.29) is 42.2 Å². The third-order valence-corrected chi connectivity index (χ3v) is 7.61. The van der Waals surface area contributed by atoms with E-state index >= 15 is 0 Å². The summed E-state index contributed by atoms with van der Waals surface area (Å²) < 4.78 is 1.86. The van der Waals surface area contributed by atoms with Crippen molar-refractivity contribution in [2.45, 2.75) is 43.7 Å². The van der Waals surface area contributed by atoms with Gasteiger partial charge in [-0.2, -0.15) is 0 Å². The molecule has 192 valence electrons. The van der Waals surface area contributed by atoms with E-state index in [9.17, 15) is 9.59 Å². The van der Waals surface area contributed by atoms with Gasteiger partial charge in [0, 0.05) is 47.2 Å². The number of hydrogen-bond donors (Lipinski definition) is 2. The maximum Gasteiger partial charge on any atom is 0.292 e. The highest BCUT2D eigenvalue weighted by atomic mass is 35.5. The molecule has 1 aliphatic carbocycles. The van der Waals surface area contributed by atoms with Crippen molar-refractivity contribution in [2.75, 3.05) is 13.1 Å². The van der Waals surface area contributed by atoms with Crippen molar-refractivity contribution in [3.63, 3.8) is 0 Å². The summed E-state index contributed by atoms with van der Waals surface area (Å²) >= 11 is 6.24. The molecule has 2 heterocycles. The van der Waals surface area contributed by atoms with Crippen LogP contribution in [-0.2, 0) is 12.0 Å². The summed E-state index contributed by atoms with van der Waals surface area (Å²) in [5.41, 5.74) is 13.9. The Morgan fingerprint density at radius 3 is 2.31 bits per heavy atom. The molecule has 1 fully saturated rings. The molecule has 0 bridgehead atoms. The van der Waals surface area contributed by atoms with Crippen LogP contribution in [0.2, 0.25) is 5.02 Å². The van der Waals surface area contributed by atoms with Crippen LogP contribution < -0.4 is 11.5 Å². The first-order chi connectivity index (χ1) is 16.4. The smallest absolute Gasteiger partial charge is 0.292 e. The fraction of sp³-hybridized carbons (Fsp3) is 0.360. The number of carbonyl (C=O) groups is 2. The molecule has 0 atom stereocenters. The van der Waals surface area contributed by atoms with Crippen LogP contribution >= 0.6 is 36.4 Å². The molecule has 4 N–H and O–H groups in total. The minimum absolute atomic E-state index is 0. The van der Waals surface area contributed by atoms with Gasteiger partial charge in [-0.3, -0.25) is 9.59 Å². The van der Waals surface area contributed by atoms with E-state index in [1.165, 1.54) is 5.56 Å². The maximum absolute atomic E-state index is 13.3. The molecule has 8 nitrogen and oxygen atoms in total. The van der Waals surface area contributed by atoms with E-state index in [1.54, 1.807) is 24.3 Å². The van der Waals surface area contributed by atoms with Gasteiger partial charge in [-0.15, -0.1) is 35.0 Å². The molecule has 0 unspecified atom stereocenters. The number of nitrogens with two attached hydrogens (primary N) is 2. The molecule has 1 aromatic heterocycles.